The van der Waals surface area contributed by atoms with Crippen molar-refractivity contribution in [1.82, 2.24) is 9.38 Å². The molecular formula is C12H8ClN3S2. The molecule has 3 aromatic rings. The number of rotatable bonds is 1. The summed E-state index contributed by atoms with van der Waals surface area (Å²) in [6, 6.07) is 8.29. The number of benzene rings is 1. The predicted octanol–water partition coefficient (Wildman–Crippen LogP) is 4.27. The maximum atomic E-state index is 6.25. The average molecular weight is 294 g/mol. The summed E-state index contributed by atoms with van der Waals surface area (Å²) < 4.78 is 2.06. The number of thioether (sulfide) groups is 1. The topological polar surface area (TPSA) is 29.3 Å². The second kappa shape index (κ2) is 3.91. The smallest absolute Gasteiger partial charge is 0.195 e. The van der Waals surface area contributed by atoms with Crippen LogP contribution in [0.2, 0.25) is 5.15 Å². The third-order valence-corrected chi connectivity index (χ3v) is 5.14. The van der Waals surface area contributed by atoms with E-state index in [-0.39, 0.29) is 5.37 Å². The van der Waals surface area contributed by atoms with E-state index in [0.717, 1.165) is 16.3 Å². The van der Waals surface area contributed by atoms with E-state index < -0.39 is 0 Å². The van der Waals surface area contributed by atoms with Gasteiger partial charge < -0.3 is 5.32 Å². The van der Waals surface area contributed by atoms with Gasteiger partial charge in [0.1, 0.15) is 5.37 Å². The third-order valence-electron chi connectivity index (χ3n) is 2.92. The van der Waals surface area contributed by atoms with Crippen LogP contribution in [0.5, 0.6) is 0 Å². The van der Waals surface area contributed by atoms with Crippen molar-refractivity contribution in [3.8, 4) is 0 Å². The first-order valence-electron chi connectivity index (χ1n) is 5.46. The molecule has 18 heavy (non-hydrogen) atoms. The van der Waals surface area contributed by atoms with Gasteiger partial charge >= 0.3 is 0 Å². The Kier molecular flexibility index (Phi) is 2.33. The van der Waals surface area contributed by atoms with Crippen LogP contribution in [-0.2, 0) is 0 Å². The fraction of sp³-hybridized carbons (Fsp3) is 0.0833. The molecule has 3 heterocycles. The normalized spacial score (nSPS) is 17.9. The summed E-state index contributed by atoms with van der Waals surface area (Å²) in [7, 11) is 0. The summed E-state index contributed by atoms with van der Waals surface area (Å²) in [5.74, 6) is 0. The van der Waals surface area contributed by atoms with Crippen LogP contribution >= 0.6 is 34.7 Å². The van der Waals surface area contributed by atoms with Crippen LogP contribution in [0.4, 0.5) is 5.69 Å². The van der Waals surface area contributed by atoms with Crippen LogP contribution in [0.3, 0.4) is 0 Å². The van der Waals surface area contributed by atoms with Crippen molar-refractivity contribution < 1.29 is 0 Å². The molecule has 90 valence electrons. The van der Waals surface area contributed by atoms with Gasteiger partial charge in [0.2, 0.25) is 0 Å². The minimum absolute atomic E-state index is 0.125. The van der Waals surface area contributed by atoms with Gasteiger partial charge in [-0.2, -0.15) is 0 Å². The lowest BCUT2D eigenvalue weighted by molar-refractivity contribution is 1.00. The van der Waals surface area contributed by atoms with Gasteiger partial charge in [-0.05, 0) is 12.1 Å². The molecule has 0 fully saturated rings. The van der Waals surface area contributed by atoms with E-state index in [9.17, 15) is 0 Å². The van der Waals surface area contributed by atoms with Crippen molar-refractivity contribution in [2.75, 3.05) is 5.32 Å². The standard InChI is InChI=1S/C12H8ClN3S2/c13-10-9(16-5-6-17-12(16)15-10)11-14-7-3-1-2-4-8(7)18-11/h1-6,11,14H/t11-/m0/s1. The van der Waals surface area contributed by atoms with Crippen molar-refractivity contribution in [3.63, 3.8) is 0 Å². The number of thiazole rings is 1. The minimum atomic E-state index is 0.125. The molecule has 4 rings (SSSR count). The van der Waals surface area contributed by atoms with Gasteiger partial charge in [0.25, 0.3) is 0 Å². The van der Waals surface area contributed by atoms with Crippen molar-refractivity contribution in [3.05, 3.63) is 46.7 Å². The molecule has 1 aromatic carbocycles. The maximum Gasteiger partial charge on any atom is 0.195 e. The molecule has 0 aliphatic carbocycles. The second-order valence-corrected chi connectivity index (χ2v) is 6.36. The Morgan fingerprint density at radius 3 is 3.11 bits per heavy atom. The molecule has 0 saturated carbocycles. The minimum Gasteiger partial charge on any atom is -0.367 e. The van der Waals surface area contributed by atoms with E-state index in [4.69, 9.17) is 11.6 Å². The number of imidazole rings is 1. The van der Waals surface area contributed by atoms with Crippen LogP contribution in [-0.4, -0.2) is 9.38 Å². The Morgan fingerprint density at radius 1 is 1.33 bits per heavy atom. The Balaban J connectivity index is 1.82. The summed E-state index contributed by atoms with van der Waals surface area (Å²) in [5.41, 5.74) is 2.18. The van der Waals surface area contributed by atoms with Crippen LogP contribution in [0.15, 0.2) is 40.7 Å². The zero-order chi connectivity index (χ0) is 12.1. The molecule has 1 N–H and O–H groups in total. The highest BCUT2D eigenvalue weighted by Gasteiger charge is 2.28. The predicted molar refractivity (Wildman–Crippen MR) is 76.7 cm³/mol. The van der Waals surface area contributed by atoms with Crippen molar-refractivity contribution >= 4 is 45.3 Å². The first kappa shape index (κ1) is 10.7. The number of hydrogen-bond acceptors (Lipinski definition) is 4. The number of halogens is 1. The molecule has 6 heteroatoms. The van der Waals surface area contributed by atoms with Crippen molar-refractivity contribution in [1.29, 1.82) is 0 Å². The van der Waals surface area contributed by atoms with Crippen LogP contribution in [0.1, 0.15) is 11.1 Å². The summed E-state index contributed by atoms with van der Waals surface area (Å²) >= 11 is 9.62. The first-order chi connectivity index (χ1) is 8.83. The van der Waals surface area contributed by atoms with Gasteiger partial charge in [-0.15, -0.1) is 11.3 Å². The molecule has 0 radical (unpaired) electrons. The quantitative estimate of drug-likeness (QED) is 0.727. The molecule has 1 aliphatic rings. The molecule has 0 unspecified atom stereocenters. The van der Waals surface area contributed by atoms with Gasteiger partial charge in [0.05, 0.1) is 5.69 Å². The van der Waals surface area contributed by atoms with Gasteiger partial charge in [-0.1, -0.05) is 35.5 Å². The van der Waals surface area contributed by atoms with E-state index in [1.165, 1.54) is 4.90 Å². The molecule has 2 aromatic heterocycles. The number of anilines is 1. The number of hydrogen-bond donors (Lipinski definition) is 1. The van der Waals surface area contributed by atoms with Crippen LogP contribution < -0.4 is 5.32 Å². The highest BCUT2D eigenvalue weighted by atomic mass is 35.5. The fourth-order valence-corrected chi connectivity index (χ4v) is 4.43. The first-order valence-corrected chi connectivity index (χ1v) is 7.60. The number of para-hydroxylation sites is 1. The summed E-state index contributed by atoms with van der Waals surface area (Å²) in [6.07, 6.45) is 2.01. The highest BCUT2D eigenvalue weighted by Crippen LogP contribution is 2.47. The third kappa shape index (κ3) is 1.48. The zero-order valence-corrected chi connectivity index (χ0v) is 11.5. The molecule has 0 spiro atoms. The van der Waals surface area contributed by atoms with E-state index in [0.29, 0.717) is 5.15 Å². The largest absolute Gasteiger partial charge is 0.367 e. The molecule has 1 atom stereocenters. The number of fused-ring (bicyclic) bond motifs is 2. The Hall–Kier alpha value is -1.17. The lowest BCUT2D eigenvalue weighted by Gasteiger charge is -2.09. The molecular weight excluding hydrogens is 286 g/mol. The van der Waals surface area contributed by atoms with Gasteiger partial charge in [-0.25, -0.2) is 4.98 Å². The number of nitrogens with one attached hydrogen (secondary N) is 1. The SMILES string of the molecule is Clc1nc2sccn2c1[C@H]1Nc2ccccc2S1. The highest BCUT2D eigenvalue weighted by molar-refractivity contribution is 8.00. The monoisotopic (exact) mass is 293 g/mol. The van der Waals surface area contributed by atoms with Gasteiger partial charge in [0, 0.05) is 22.2 Å². The lowest BCUT2D eigenvalue weighted by atomic mass is 10.3. The molecule has 0 bridgehead atoms. The maximum absolute atomic E-state index is 6.25. The summed E-state index contributed by atoms with van der Waals surface area (Å²) in [4.78, 5) is 6.57. The Labute approximate surface area is 117 Å². The van der Waals surface area contributed by atoms with Gasteiger partial charge in [0.15, 0.2) is 10.1 Å². The summed E-state index contributed by atoms with van der Waals surface area (Å²) in [6.45, 7) is 0. The Morgan fingerprint density at radius 2 is 2.22 bits per heavy atom. The molecule has 0 saturated heterocycles. The van der Waals surface area contributed by atoms with Crippen molar-refractivity contribution in [2.24, 2.45) is 0 Å². The van der Waals surface area contributed by atoms with Gasteiger partial charge in [-0.3, -0.25) is 4.40 Å². The second-order valence-electron chi connectivity index (χ2n) is 3.98. The molecule has 1 aliphatic heterocycles. The average Bonchev–Trinajstić information content (AvgIpc) is 3.00. The van der Waals surface area contributed by atoms with Crippen LogP contribution in [0.25, 0.3) is 4.96 Å². The molecule has 3 nitrogen and oxygen atoms in total. The number of aromatic nitrogens is 2. The van der Waals surface area contributed by atoms with E-state index in [1.54, 1.807) is 23.1 Å². The fourth-order valence-electron chi connectivity index (χ4n) is 2.12. The molecule has 0 amide bonds. The zero-order valence-electron chi connectivity index (χ0n) is 9.13. The lowest BCUT2D eigenvalue weighted by Crippen LogP contribution is -2.04. The number of nitrogens with zero attached hydrogens (tertiary/aromatic N) is 2. The Bertz CT molecular complexity index is 709. The van der Waals surface area contributed by atoms with E-state index in [1.807, 2.05) is 23.7 Å². The summed E-state index contributed by atoms with van der Waals surface area (Å²) in [5, 5.41) is 6.21. The van der Waals surface area contributed by atoms with Crippen molar-refractivity contribution in [2.45, 2.75) is 10.3 Å². The van der Waals surface area contributed by atoms with E-state index >= 15 is 0 Å². The van der Waals surface area contributed by atoms with E-state index in [2.05, 4.69) is 26.8 Å². The van der Waals surface area contributed by atoms with Crippen LogP contribution in [0, 0.1) is 0 Å².